The SMILES string of the molecule is Nc1cccc(-c2nnnn2-c2cc(Cl)ccc2F)c1. The van der Waals surface area contributed by atoms with Gasteiger partial charge < -0.3 is 5.73 Å². The molecule has 0 spiro atoms. The number of nitrogen functional groups attached to an aromatic ring is 1. The van der Waals surface area contributed by atoms with Crippen molar-refractivity contribution in [1.29, 1.82) is 0 Å². The van der Waals surface area contributed by atoms with E-state index in [1.807, 2.05) is 0 Å². The molecule has 0 aliphatic heterocycles. The van der Waals surface area contributed by atoms with Crippen molar-refractivity contribution in [1.82, 2.24) is 20.2 Å². The fourth-order valence-corrected chi connectivity index (χ4v) is 2.02. The summed E-state index contributed by atoms with van der Waals surface area (Å²) in [4.78, 5) is 0. The first kappa shape index (κ1) is 12.6. The standard InChI is InChI=1S/C13H9ClFN5/c14-9-4-5-11(15)12(7-9)20-13(17-18-19-20)8-2-1-3-10(16)6-8/h1-7H,16H2. The zero-order valence-corrected chi connectivity index (χ0v) is 10.9. The lowest BCUT2D eigenvalue weighted by atomic mass is 10.2. The Labute approximate surface area is 118 Å². The van der Waals surface area contributed by atoms with E-state index in [-0.39, 0.29) is 5.69 Å². The smallest absolute Gasteiger partial charge is 0.187 e. The summed E-state index contributed by atoms with van der Waals surface area (Å²) in [6, 6.07) is 11.2. The first-order valence-electron chi connectivity index (χ1n) is 5.75. The molecule has 100 valence electrons. The number of nitrogens with zero attached hydrogens (tertiary/aromatic N) is 4. The highest BCUT2D eigenvalue weighted by atomic mass is 35.5. The minimum absolute atomic E-state index is 0.180. The number of hydrogen-bond acceptors (Lipinski definition) is 4. The molecule has 5 nitrogen and oxygen atoms in total. The second kappa shape index (κ2) is 4.90. The molecule has 0 aliphatic carbocycles. The fourth-order valence-electron chi connectivity index (χ4n) is 1.86. The quantitative estimate of drug-likeness (QED) is 0.736. The molecule has 0 amide bonds. The van der Waals surface area contributed by atoms with E-state index in [1.165, 1.54) is 22.9 Å². The largest absolute Gasteiger partial charge is 0.399 e. The molecule has 0 saturated carbocycles. The van der Waals surface area contributed by atoms with Crippen LogP contribution in [0.2, 0.25) is 5.02 Å². The monoisotopic (exact) mass is 289 g/mol. The van der Waals surface area contributed by atoms with Crippen LogP contribution in [0.4, 0.5) is 10.1 Å². The molecule has 0 saturated heterocycles. The van der Waals surface area contributed by atoms with Crippen LogP contribution in [-0.4, -0.2) is 20.2 Å². The number of rotatable bonds is 2. The van der Waals surface area contributed by atoms with Gasteiger partial charge in [0.25, 0.3) is 0 Å². The molecule has 20 heavy (non-hydrogen) atoms. The zero-order chi connectivity index (χ0) is 14.1. The Balaban J connectivity index is 2.18. The topological polar surface area (TPSA) is 69.6 Å². The summed E-state index contributed by atoms with van der Waals surface area (Å²) < 4.78 is 15.2. The lowest BCUT2D eigenvalue weighted by molar-refractivity contribution is 0.608. The van der Waals surface area contributed by atoms with Gasteiger partial charge in [-0.15, -0.1) is 5.10 Å². The Morgan fingerprint density at radius 3 is 2.80 bits per heavy atom. The minimum Gasteiger partial charge on any atom is -0.399 e. The van der Waals surface area contributed by atoms with Crippen LogP contribution in [0.15, 0.2) is 42.5 Å². The van der Waals surface area contributed by atoms with E-state index in [2.05, 4.69) is 15.5 Å². The van der Waals surface area contributed by atoms with Crippen molar-refractivity contribution in [2.45, 2.75) is 0 Å². The maximum Gasteiger partial charge on any atom is 0.187 e. The number of hydrogen-bond donors (Lipinski definition) is 1. The maximum absolute atomic E-state index is 13.9. The van der Waals surface area contributed by atoms with Crippen molar-refractivity contribution in [2.75, 3.05) is 5.73 Å². The first-order chi connectivity index (χ1) is 9.65. The van der Waals surface area contributed by atoms with Crippen LogP contribution in [0.5, 0.6) is 0 Å². The molecule has 1 aromatic heterocycles. The number of aromatic nitrogens is 4. The van der Waals surface area contributed by atoms with Crippen molar-refractivity contribution >= 4 is 17.3 Å². The van der Waals surface area contributed by atoms with Gasteiger partial charge in [-0.3, -0.25) is 0 Å². The van der Waals surface area contributed by atoms with Gasteiger partial charge in [-0.1, -0.05) is 23.7 Å². The van der Waals surface area contributed by atoms with Gasteiger partial charge in [0.15, 0.2) is 5.82 Å². The fraction of sp³-hybridized carbons (Fsp3) is 0. The van der Waals surface area contributed by atoms with Crippen LogP contribution in [0.3, 0.4) is 0 Å². The summed E-state index contributed by atoms with van der Waals surface area (Å²) in [5.74, 6) is -0.0784. The van der Waals surface area contributed by atoms with Crippen molar-refractivity contribution in [3.63, 3.8) is 0 Å². The molecule has 2 N–H and O–H groups in total. The van der Waals surface area contributed by atoms with Crippen molar-refractivity contribution in [3.05, 3.63) is 53.3 Å². The number of tetrazole rings is 1. The van der Waals surface area contributed by atoms with E-state index in [4.69, 9.17) is 17.3 Å². The summed E-state index contributed by atoms with van der Waals surface area (Å²) in [6.07, 6.45) is 0. The molecule has 0 aliphatic rings. The average Bonchev–Trinajstić information content (AvgIpc) is 2.90. The summed E-state index contributed by atoms with van der Waals surface area (Å²) in [5, 5.41) is 11.7. The third-order valence-corrected chi connectivity index (χ3v) is 2.99. The van der Waals surface area contributed by atoms with Gasteiger partial charge in [-0.05, 0) is 40.8 Å². The Morgan fingerprint density at radius 2 is 2.00 bits per heavy atom. The third-order valence-electron chi connectivity index (χ3n) is 2.75. The Kier molecular flexibility index (Phi) is 3.08. The molecule has 1 heterocycles. The normalized spacial score (nSPS) is 10.7. The molecule has 0 unspecified atom stereocenters. The predicted octanol–water partition coefficient (Wildman–Crippen LogP) is 2.70. The van der Waals surface area contributed by atoms with Gasteiger partial charge >= 0.3 is 0 Å². The minimum atomic E-state index is -0.466. The summed E-state index contributed by atoms with van der Waals surface area (Å²) in [7, 11) is 0. The van der Waals surface area contributed by atoms with Crippen LogP contribution >= 0.6 is 11.6 Å². The molecular weight excluding hydrogens is 281 g/mol. The lowest BCUT2D eigenvalue weighted by Gasteiger charge is -2.06. The van der Waals surface area contributed by atoms with Gasteiger partial charge in [-0.25, -0.2) is 4.39 Å². The lowest BCUT2D eigenvalue weighted by Crippen LogP contribution is -2.03. The Bertz CT molecular complexity index is 771. The molecule has 3 rings (SSSR count). The molecule has 0 fully saturated rings. The molecule has 3 aromatic rings. The van der Waals surface area contributed by atoms with E-state index in [9.17, 15) is 4.39 Å². The number of benzene rings is 2. The average molecular weight is 290 g/mol. The van der Waals surface area contributed by atoms with Crippen molar-refractivity contribution < 1.29 is 4.39 Å². The van der Waals surface area contributed by atoms with Crippen molar-refractivity contribution in [3.8, 4) is 17.1 Å². The van der Waals surface area contributed by atoms with E-state index < -0.39 is 5.82 Å². The highest BCUT2D eigenvalue weighted by Crippen LogP contribution is 2.24. The molecule has 0 bridgehead atoms. The van der Waals surface area contributed by atoms with Gasteiger partial charge in [0.05, 0.1) is 0 Å². The Hall–Kier alpha value is -2.47. The second-order valence-electron chi connectivity index (χ2n) is 4.14. The number of halogens is 2. The molecular formula is C13H9ClFN5. The Morgan fingerprint density at radius 1 is 1.15 bits per heavy atom. The van der Waals surface area contributed by atoms with Gasteiger partial charge in [-0.2, -0.15) is 4.68 Å². The van der Waals surface area contributed by atoms with Crippen LogP contribution in [0, 0.1) is 5.82 Å². The highest BCUT2D eigenvalue weighted by Gasteiger charge is 2.14. The predicted molar refractivity (Wildman–Crippen MR) is 74.0 cm³/mol. The summed E-state index contributed by atoms with van der Waals surface area (Å²) in [6.45, 7) is 0. The van der Waals surface area contributed by atoms with Crippen LogP contribution in [-0.2, 0) is 0 Å². The number of nitrogens with two attached hydrogens (primary N) is 1. The van der Waals surface area contributed by atoms with Gasteiger partial charge in [0.1, 0.15) is 11.5 Å². The molecule has 7 heteroatoms. The van der Waals surface area contributed by atoms with Gasteiger partial charge in [0.2, 0.25) is 0 Å². The van der Waals surface area contributed by atoms with Crippen LogP contribution in [0.25, 0.3) is 17.1 Å². The first-order valence-corrected chi connectivity index (χ1v) is 6.12. The van der Waals surface area contributed by atoms with Crippen LogP contribution < -0.4 is 5.73 Å². The van der Waals surface area contributed by atoms with E-state index in [1.54, 1.807) is 24.3 Å². The maximum atomic E-state index is 13.9. The highest BCUT2D eigenvalue weighted by molar-refractivity contribution is 6.30. The second-order valence-corrected chi connectivity index (χ2v) is 4.57. The van der Waals surface area contributed by atoms with Crippen molar-refractivity contribution in [2.24, 2.45) is 0 Å². The van der Waals surface area contributed by atoms with Gasteiger partial charge in [0, 0.05) is 16.3 Å². The molecule has 0 radical (unpaired) electrons. The molecule has 2 aromatic carbocycles. The van der Waals surface area contributed by atoms with E-state index in [0.29, 0.717) is 22.1 Å². The summed E-state index contributed by atoms with van der Waals surface area (Å²) in [5.41, 5.74) is 7.18. The third kappa shape index (κ3) is 2.21. The van der Waals surface area contributed by atoms with Crippen LogP contribution in [0.1, 0.15) is 0 Å². The van der Waals surface area contributed by atoms with E-state index in [0.717, 1.165) is 0 Å². The zero-order valence-electron chi connectivity index (χ0n) is 10.2. The number of anilines is 1. The molecule has 0 atom stereocenters. The summed E-state index contributed by atoms with van der Waals surface area (Å²) >= 11 is 5.89. The van der Waals surface area contributed by atoms with E-state index >= 15 is 0 Å².